The number of Topliss-reactive ketones (excluding diaryl/α,β-unsaturated/α-hetero) is 1. The maximum atomic E-state index is 12.1. The van der Waals surface area contributed by atoms with Gasteiger partial charge in [0.25, 0.3) is 0 Å². The van der Waals surface area contributed by atoms with Crippen LogP contribution >= 0.6 is 0 Å². The van der Waals surface area contributed by atoms with E-state index in [-0.39, 0.29) is 5.78 Å². The summed E-state index contributed by atoms with van der Waals surface area (Å²) < 4.78 is 9.86. The minimum atomic E-state index is -0.992. The molecule has 0 aliphatic heterocycles. The van der Waals surface area contributed by atoms with E-state index in [0.29, 0.717) is 25.9 Å². The standard InChI is InChI=1S/C13H20O4/c1-3-17-10-9-13(12(15)16-2)8-6-4-5-7-11(13)14/h3H,1,4-10H2,2H3. The van der Waals surface area contributed by atoms with Crippen LogP contribution in [0.3, 0.4) is 0 Å². The van der Waals surface area contributed by atoms with Crippen molar-refractivity contribution in [1.29, 1.82) is 0 Å². The van der Waals surface area contributed by atoms with Crippen LogP contribution in [0.2, 0.25) is 0 Å². The summed E-state index contributed by atoms with van der Waals surface area (Å²) in [7, 11) is 1.33. The minimum absolute atomic E-state index is 0.00508. The van der Waals surface area contributed by atoms with Crippen LogP contribution in [-0.2, 0) is 19.1 Å². The number of esters is 1. The molecule has 0 spiro atoms. The molecule has 1 unspecified atom stereocenters. The van der Waals surface area contributed by atoms with Crippen molar-refractivity contribution in [2.75, 3.05) is 13.7 Å². The van der Waals surface area contributed by atoms with E-state index >= 15 is 0 Å². The van der Waals surface area contributed by atoms with Crippen molar-refractivity contribution in [3.63, 3.8) is 0 Å². The van der Waals surface area contributed by atoms with Gasteiger partial charge in [-0.25, -0.2) is 0 Å². The summed E-state index contributed by atoms with van der Waals surface area (Å²) in [6, 6.07) is 0. The second-order valence-electron chi connectivity index (χ2n) is 4.34. The van der Waals surface area contributed by atoms with Crippen LogP contribution in [0.1, 0.15) is 38.5 Å². The summed E-state index contributed by atoms with van der Waals surface area (Å²) in [6.07, 6.45) is 5.47. The largest absolute Gasteiger partial charge is 0.502 e. The first-order valence-corrected chi connectivity index (χ1v) is 6.01. The van der Waals surface area contributed by atoms with Crippen LogP contribution in [0.5, 0.6) is 0 Å². The number of carbonyl (C=O) groups is 2. The van der Waals surface area contributed by atoms with Crippen molar-refractivity contribution in [3.05, 3.63) is 12.8 Å². The maximum Gasteiger partial charge on any atom is 0.319 e. The number of ketones is 1. The number of methoxy groups -OCH3 is 1. The van der Waals surface area contributed by atoms with Crippen molar-refractivity contribution in [2.24, 2.45) is 5.41 Å². The topological polar surface area (TPSA) is 52.6 Å². The van der Waals surface area contributed by atoms with Crippen LogP contribution in [0.15, 0.2) is 12.8 Å². The second-order valence-corrected chi connectivity index (χ2v) is 4.34. The summed E-state index contributed by atoms with van der Waals surface area (Å²) in [4.78, 5) is 24.1. The van der Waals surface area contributed by atoms with Crippen LogP contribution < -0.4 is 0 Å². The van der Waals surface area contributed by atoms with Crippen LogP contribution in [0, 0.1) is 5.41 Å². The number of rotatable bonds is 5. The Labute approximate surface area is 102 Å². The highest BCUT2D eigenvalue weighted by molar-refractivity contribution is 6.03. The molecule has 0 N–H and O–H groups in total. The zero-order chi connectivity index (χ0) is 12.7. The summed E-state index contributed by atoms with van der Waals surface area (Å²) in [5.74, 6) is -0.424. The fraction of sp³-hybridized carbons (Fsp3) is 0.692. The number of hydrogen-bond donors (Lipinski definition) is 0. The van der Waals surface area contributed by atoms with Crippen molar-refractivity contribution in [1.82, 2.24) is 0 Å². The van der Waals surface area contributed by atoms with E-state index in [1.165, 1.54) is 13.4 Å². The first-order chi connectivity index (χ1) is 8.17. The lowest BCUT2D eigenvalue weighted by Gasteiger charge is -2.27. The molecule has 0 aromatic rings. The molecule has 1 fully saturated rings. The Morgan fingerprint density at radius 2 is 2.24 bits per heavy atom. The molecule has 4 heteroatoms. The Kier molecular flexibility index (Phi) is 5.19. The zero-order valence-corrected chi connectivity index (χ0v) is 10.4. The van der Waals surface area contributed by atoms with Crippen LogP contribution in [0.4, 0.5) is 0 Å². The molecule has 0 bridgehead atoms. The molecule has 0 aromatic heterocycles. The summed E-state index contributed by atoms with van der Waals surface area (Å²) >= 11 is 0. The lowest BCUT2D eigenvalue weighted by atomic mass is 9.76. The average Bonchev–Trinajstić information content (AvgIpc) is 2.52. The van der Waals surface area contributed by atoms with Gasteiger partial charge < -0.3 is 9.47 Å². The van der Waals surface area contributed by atoms with Crippen LogP contribution in [-0.4, -0.2) is 25.5 Å². The van der Waals surface area contributed by atoms with Gasteiger partial charge in [-0.1, -0.05) is 19.4 Å². The van der Waals surface area contributed by atoms with E-state index in [9.17, 15) is 9.59 Å². The van der Waals surface area contributed by atoms with Gasteiger partial charge in [0.2, 0.25) is 0 Å². The SMILES string of the molecule is C=COCCC1(C(=O)OC)CCCCCC1=O. The summed E-state index contributed by atoms with van der Waals surface area (Å²) in [5, 5.41) is 0. The fourth-order valence-corrected chi connectivity index (χ4v) is 2.36. The van der Waals surface area contributed by atoms with Gasteiger partial charge in [0.05, 0.1) is 20.0 Å². The Morgan fingerprint density at radius 1 is 1.47 bits per heavy atom. The molecular formula is C13H20O4. The van der Waals surface area contributed by atoms with E-state index in [2.05, 4.69) is 6.58 Å². The van der Waals surface area contributed by atoms with E-state index in [1.54, 1.807) is 0 Å². The molecule has 0 amide bonds. The lowest BCUT2D eigenvalue weighted by Crippen LogP contribution is -2.40. The Bertz CT molecular complexity index is 298. The fourth-order valence-electron chi connectivity index (χ4n) is 2.36. The van der Waals surface area contributed by atoms with Gasteiger partial charge in [-0.3, -0.25) is 9.59 Å². The third kappa shape index (κ3) is 3.08. The molecular weight excluding hydrogens is 220 g/mol. The molecule has 0 aromatic carbocycles. The summed E-state index contributed by atoms with van der Waals surface area (Å²) in [6.45, 7) is 3.77. The molecule has 1 saturated carbocycles. The molecule has 1 rings (SSSR count). The molecule has 96 valence electrons. The Morgan fingerprint density at radius 3 is 2.88 bits per heavy atom. The van der Waals surface area contributed by atoms with Gasteiger partial charge in [-0.15, -0.1) is 0 Å². The molecule has 17 heavy (non-hydrogen) atoms. The zero-order valence-electron chi connectivity index (χ0n) is 10.4. The Balaban J connectivity index is 2.85. The van der Waals surface area contributed by atoms with Gasteiger partial charge >= 0.3 is 5.97 Å². The van der Waals surface area contributed by atoms with Gasteiger partial charge in [-0.05, 0) is 12.8 Å². The van der Waals surface area contributed by atoms with Gasteiger partial charge in [0, 0.05) is 12.8 Å². The van der Waals surface area contributed by atoms with Crippen LogP contribution in [0.25, 0.3) is 0 Å². The second kappa shape index (κ2) is 6.42. The molecule has 0 radical (unpaired) electrons. The summed E-state index contributed by atoms with van der Waals surface area (Å²) in [5.41, 5.74) is -0.992. The number of ether oxygens (including phenoxy) is 2. The van der Waals surface area contributed by atoms with Gasteiger partial charge in [0.1, 0.15) is 11.2 Å². The van der Waals surface area contributed by atoms with Crippen molar-refractivity contribution in [3.8, 4) is 0 Å². The third-order valence-corrected chi connectivity index (χ3v) is 3.38. The molecule has 1 aliphatic rings. The van der Waals surface area contributed by atoms with Gasteiger partial charge in [-0.2, -0.15) is 0 Å². The quantitative estimate of drug-likeness (QED) is 0.243. The smallest absolute Gasteiger partial charge is 0.319 e. The molecule has 4 nitrogen and oxygen atoms in total. The number of carbonyl (C=O) groups excluding carboxylic acids is 2. The molecule has 0 saturated heterocycles. The first-order valence-electron chi connectivity index (χ1n) is 6.01. The van der Waals surface area contributed by atoms with E-state index in [1.807, 2.05) is 0 Å². The highest BCUT2D eigenvalue weighted by Gasteiger charge is 2.46. The average molecular weight is 240 g/mol. The minimum Gasteiger partial charge on any atom is -0.502 e. The van der Waals surface area contributed by atoms with E-state index in [0.717, 1.165) is 19.3 Å². The Hall–Kier alpha value is -1.32. The predicted octanol–water partition coefficient (Wildman–Crippen LogP) is 2.23. The predicted molar refractivity (Wildman–Crippen MR) is 63.3 cm³/mol. The maximum absolute atomic E-state index is 12.1. The monoisotopic (exact) mass is 240 g/mol. The molecule has 0 heterocycles. The van der Waals surface area contributed by atoms with Gasteiger partial charge in [0.15, 0.2) is 0 Å². The van der Waals surface area contributed by atoms with Crippen molar-refractivity contribution < 1.29 is 19.1 Å². The van der Waals surface area contributed by atoms with Crippen molar-refractivity contribution >= 4 is 11.8 Å². The normalized spacial score (nSPS) is 24.9. The third-order valence-electron chi connectivity index (χ3n) is 3.38. The highest BCUT2D eigenvalue weighted by atomic mass is 16.5. The van der Waals surface area contributed by atoms with E-state index in [4.69, 9.17) is 9.47 Å². The highest BCUT2D eigenvalue weighted by Crippen LogP contribution is 2.36. The van der Waals surface area contributed by atoms with Crippen molar-refractivity contribution in [2.45, 2.75) is 38.5 Å². The first kappa shape index (κ1) is 13.7. The van der Waals surface area contributed by atoms with E-state index < -0.39 is 11.4 Å². The number of hydrogen-bond acceptors (Lipinski definition) is 4. The lowest BCUT2D eigenvalue weighted by molar-refractivity contribution is -0.159. The molecule has 1 aliphatic carbocycles. The molecule has 1 atom stereocenters.